The molecule has 0 fully saturated rings. The molecule has 6 heteroatoms. The summed E-state index contributed by atoms with van der Waals surface area (Å²) in [7, 11) is 0. The predicted octanol–water partition coefficient (Wildman–Crippen LogP) is 4.23. The Kier molecular flexibility index (Phi) is 4.62. The van der Waals surface area contributed by atoms with Crippen molar-refractivity contribution in [1.29, 1.82) is 0 Å². The lowest BCUT2D eigenvalue weighted by molar-refractivity contribution is -0.118. The van der Waals surface area contributed by atoms with E-state index in [0.717, 1.165) is 21.7 Å². The van der Waals surface area contributed by atoms with Gasteiger partial charge in [0.1, 0.15) is 17.0 Å². The summed E-state index contributed by atoms with van der Waals surface area (Å²) in [5.74, 6) is 1.49. The highest BCUT2D eigenvalue weighted by Gasteiger charge is 2.20. The van der Waals surface area contributed by atoms with Gasteiger partial charge in [-0.05, 0) is 31.2 Å². The number of aromatic nitrogens is 1. The molecule has 0 atom stereocenters. The fourth-order valence-corrected chi connectivity index (χ4v) is 3.31. The molecule has 2 aromatic heterocycles. The molecule has 3 rings (SSSR count). The monoisotopic (exact) mass is 330 g/mol. The lowest BCUT2D eigenvalue weighted by Gasteiger charge is -2.17. The van der Waals surface area contributed by atoms with Gasteiger partial charge < -0.3 is 9.15 Å². The molecule has 0 bridgehead atoms. The highest BCUT2D eigenvalue weighted by atomic mass is 32.1. The Bertz CT molecular complexity index is 795. The maximum atomic E-state index is 12.3. The first kappa shape index (κ1) is 15.6. The summed E-state index contributed by atoms with van der Waals surface area (Å²) in [6.45, 7) is 4.74. The zero-order valence-corrected chi connectivity index (χ0v) is 13.9. The molecule has 0 spiro atoms. The molecule has 5 nitrogen and oxygen atoms in total. The number of hydrogen-bond acceptors (Lipinski definition) is 5. The minimum absolute atomic E-state index is 0.0124. The van der Waals surface area contributed by atoms with Gasteiger partial charge in [0.15, 0.2) is 5.13 Å². The number of amides is 1. The SMILES string of the molecule is CCOc1cccc2sc(N(Cc3ccco3)C(=O)CC)nc12. The molecule has 0 radical (unpaired) electrons. The van der Waals surface area contributed by atoms with E-state index < -0.39 is 0 Å². The van der Waals surface area contributed by atoms with Crippen LogP contribution in [0.5, 0.6) is 5.75 Å². The number of para-hydroxylation sites is 1. The number of fused-ring (bicyclic) bond motifs is 1. The summed E-state index contributed by atoms with van der Waals surface area (Å²) < 4.78 is 12.0. The average Bonchev–Trinajstić information content (AvgIpc) is 3.21. The van der Waals surface area contributed by atoms with Crippen LogP contribution in [0.2, 0.25) is 0 Å². The number of hydrogen-bond donors (Lipinski definition) is 0. The van der Waals surface area contributed by atoms with Crippen molar-refractivity contribution in [2.45, 2.75) is 26.8 Å². The first-order valence-corrected chi connectivity index (χ1v) is 8.39. The number of anilines is 1. The second kappa shape index (κ2) is 6.83. The number of ether oxygens (including phenoxy) is 1. The predicted molar refractivity (Wildman–Crippen MR) is 91.0 cm³/mol. The Labute approximate surface area is 138 Å². The van der Waals surface area contributed by atoms with Gasteiger partial charge in [0.05, 0.1) is 24.1 Å². The summed E-state index contributed by atoms with van der Waals surface area (Å²) in [4.78, 5) is 18.6. The number of rotatable bonds is 6. The van der Waals surface area contributed by atoms with Crippen molar-refractivity contribution in [2.24, 2.45) is 0 Å². The Balaban J connectivity index is 2.00. The molecule has 0 aliphatic rings. The van der Waals surface area contributed by atoms with Crippen LogP contribution in [0.15, 0.2) is 41.0 Å². The lowest BCUT2D eigenvalue weighted by atomic mass is 10.3. The topological polar surface area (TPSA) is 55.6 Å². The van der Waals surface area contributed by atoms with E-state index in [-0.39, 0.29) is 5.91 Å². The van der Waals surface area contributed by atoms with Crippen molar-refractivity contribution in [3.05, 3.63) is 42.4 Å². The lowest BCUT2D eigenvalue weighted by Crippen LogP contribution is -2.29. The Hall–Kier alpha value is -2.34. The molecule has 0 saturated carbocycles. The molecular weight excluding hydrogens is 312 g/mol. The van der Waals surface area contributed by atoms with Crippen LogP contribution >= 0.6 is 11.3 Å². The maximum absolute atomic E-state index is 12.3. The minimum Gasteiger partial charge on any atom is -0.492 e. The number of carbonyl (C=O) groups is 1. The van der Waals surface area contributed by atoms with Crippen LogP contribution in [-0.2, 0) is 11.3 Å². The van der Waals surface area contributed by atoms with Crippen molar-refractivity contribution >= 4 is 32.6 Å². The van der Waals surface area contributed by atoms with Crippen molar-refractivity contribution in [3.63, 3.8) is 0 Å². The van der Waals surface area contributed by atoms with E-state index in [1.165, 1.54) is 11.3 Å². The van der Waals surface area contributed by atoms with Gasteiger partial charge in [0, 0.05) is 6.42 Å². The fraction of sp³-hybridized carbons (Fsp3) is 0.294. The molecule has 0 unspecified atom stereocenters. The third-order valence-corrected chi connectivity index (χ3v) is 4.44. The van der Waals surface area contributed by atoms with Gasteiger partial charge in [-0.2, -0.15) is 0 Å². The van der Waals surface area contributed by atoms with Crippen LogP contribution in [0.4, 0.5) is 5.13 Å². The molecular formula is C17H18N2O3S. The minimum atomic E-state index is 0.0124. The smallest absolute Gasteiger partial charge is 0.228 e. The number of benzene rings is 1. The molecule has 0 aliphatic carbocycles. The Morgan fingerprint density at radius 1 is 1.30 bits per heavy atom. The average molecular weight is 330 g/mol. The van der Waals surface area contributed by atoms with Crippen molar-refractivity contribution in [2.75, 3.05) is 11.5 Å². The van der Waals surface area contributed by atoms with E-state index in [2.05, 4.69) is 4.98 Å². The van der Waals surface area contributed by atoms with Gasteiger partial charge in [-0.3, -0.25) is 9.69 Å². The van der Waals surface area contributed by atoms with Crippen LogP contribution in [0.25, 0.3) is 10.2 Å². The summed E-state index contributed by atoms with van der Waals surface area (Å²) in [6.07, 6.45) is 2.02. The molecule has 2 heterocycles. The summed E-state index contributed by atoms with van der Waals surface area (Å²) in [5.41, 5.74) is 0.794. The largest absolute Gasteiger partial charge is 0.492 e. The van der Waals surface area contributed by atoms with Gasteiger partial charge in [0.2, 0.25) is 5.91 Å². The van der Waals surface area contributed by atoms with E-state index in [0.29, 0.717) is 24.7 Å². The second-order valence-corrected chi connectivity index (χ2v) is 5.95. The second-order valence-electron chi connectivity index (χ2n) is 4.95. The zero-order valence-electron chi connectivity index (χ0n) is 13.1. The third-order valence-electron chi connectivity index (χ3n) is 3.40. The first-order valence-electron chi connectivity index (χ1n) is 7.58. The van der Waals surface area contributed by atoms with Crippen LogP contribution in [-0.4, -0.2) is 17.5 Å². The van der Waals surface area contributed by atoms with Gasteiger partial charge in [-0.25, -0.2) is 4.98 Å². The van der Waals surface area contributed by atoms with E-state index in [1.807, 2.05) is 44.2 Å². The van der Waals surface area contributed by atoms with Gasteiger partial charge >= 0.3 is 0 Å². The summed E-state index contributed by atoms with van der Waals surface area (Å²) >= 11 is 1.48. The highest BCUT2D eigenvalue weighted by molar-refractivity contribution is 7.22. The fourth-order valence-electron chi connectivity index (χ4n) is 2.31. The first-order chi connectivity index (χ1) is 11.2. The normalized spacial score (nSPS) is 10.9. The van der Waals surface area contributed by atoms with E-state index in [1.54, 1.807) is 11.2 Å². The molecule has 120 valence electrons. The third kappa shape index (κ3) is 3.22. The van der Waals surface area contributed by atoms with E-state index >= 15 is 0 Å². The summed E-state index contributed by atoms with van der Waals surface area (Å²) in [5, 5.41) is 0.662. The zero-order chi connectivity index (χ0) is 16.2. The highest BCUT2D eigenvalue weighted by Crippen LogP contribution is 2.35. The van der Waals surface area contributed by atoms with Gasteiger partial charge in [-0.15, -0.1) is 0 Å². The Morgan fingerprint density at radius 3 is 2.87 bits per heavy atom. The quantitative estimate of drug-likeness (QED) is 0.678. The van der Waals surface area contributed by atoms with Crippen LogP contribution in [0, 0.1) is 0 Å². The standard InChI is InChI=1S/C17H18N2O3S/c1-3-15(20)19(11-12-7-6-10-22-12)17-18-16-13(21-4-2)8-5-9-14(16)23-17/h5-10H,3-4,11H2,1-2H3. The number of furan rings is 1. The summed E-state index contributed by atoms with van der Waals surface area (Å²) in [6, 6.07) is 9.49. The maximum Gasteiger partial charge on any atom is 0.228 e. The molecule has 23 heavy (non-hydrogen) atoms. The van der Waals surface area contributed by atoms with Crippen LogP contribution in [0.3, 0.4) is 0 Å². The van der Waals surface area contributed by atoms with Crippen molar-refractivity contribution in [1.82, 2.24) is 4.98 Å². The van der Waals surface area contributed by atoms with Crippen LogP contribution in [0.1, 0.15) is 26.0 Å². The van der Waals surface area contributed by atoms with Gasteiger partial charge in [0.25, 0.3) is 0 Å². The van der Waals surface area contributed by atoms with Crippen LogP contribution < -0.4 is 9.64 Å². The van der Waals surface area contributed by atoms with Crippen molar-refractivity contribution < 1.29 is 13.9 Å². The van der Waals surface area contributed by atoms with E-state index in [9.17, 15) is 4.79 Å². The molecule has 0 N–H and O–H groups in total. The number of carbonyl (C=O) groups excluding carboxylic acids is 1. The number of thiazole rings is 1. The Morgan fingerprint density at radius 2 is 2.17 bits per heavy atom. The van der Waals surface area contributed by atoms with Gasteiger partial charge in [-0.1, -0.05) is 24.3 Å². The molecule has 3 aromatic rings. The molecule has 0 aliphatic heterocycles. The van der Waals surface area contributed by atoms with Crippen molar-refractivity contribution in [3.8, 4) is 5.75 Å². The van der Waals surface area contributed by atoms with E-state index in [4.69, 9.17) is 9.15 Å². The molecule has 1 amide bonds. The molecule has 0 saturated heterocycles. The number of nitrogens with zero attached hydrogens (tertiary/aromatic N) is 2. The molecule has 1 aromatic carbocycles.